The molecule has 1 aromatic rings. The van der Waals surface area contributed by atoms with E-state index in [0.29, 0.717) is 5.56 Å². The molecule has 7 heteroatoms. The fourth-order valence-corrected chi connectivity index (χ4v) is 2.93. The summed E-state index contributed by atoms with van der Waals surface area (Å²) in [5, 5.41) is 3.25. The first-order valence-corrected chi connectivity index (χ1v) is 6.90. The molecule has 0 saturated carbocycles. The van der Waals surface area contributed by atoms with Gasteiger partial charge in [0.05, 0.1) is 0 Å². The molecule has 1 aromatic carbocycles. The van der Waals surface area contributed by atoms with Crippen LogP contribution in [-0.4, -0.2) is 31.1 Å². The third-order valence-corrected chi connectivity index (χ3v) is 3.66. The van der Waals surface area contributed by atoms with Gasteiger partial charge < -0.3 is 5.32 Å². The second-order valence-corrected chi connectivity index (χ2v) is 6.35. The van der Waals surface area contributed by atoms with Gasteiger partial charge in [0, 0.05) is 32.2 Å². The maximum absolute atomic E-state index is 13.5. The van der Waals surface area contributed by atoms with Crippen LogP contribution in [0.4, 0.5) is 13.2 Å². The van der Waals surface area contributed by atoms with Gasteiger partial charge in [0.15, 0.2) is 17.5 Å². The molecule has 1 saturated heterocycles. The molecule has 22 heavy (non-hydrogen) atoms. The highest BCUT2D eigenvalue weighted by molar-refractivity contribution is 5.85. The van der Waals surface area contributed by atoms with Crippen LogP contribution in [-0.2, 0) is 0 Å². The fraction of sp³-hybridized carbons (Fsp3) is 0.600. The van der Waals surface area contributed by atoms with Crippen LogP contribution >= 0.6 is 24.8 Å². The zero-order valence-electron chi connectivity index (χ0n) is 13.0. The molecule has 0 radical (unpaired) electrons. The van der Waals surface area contributed by atoms with Crippen LogP contribution in [0.15, 0.2) is 12.1 Å². The number of nitrogens with zero attached hydrogens (tertiary/aromatic N) is 1. The summed E-state index contributed by atoms with van der Waals surface area (Å²) >= 11 is 0. The monoisotopic (exact) mass is 358 g/mol. The highest BCUT2D eigenvalue weighted by atomic mass is 35.5. The van der Waals surface area contributed by atoms with Crippen molar-refractivity contribution in [3.63, 3.8) is 0 Å². The van der Waals surface area contributed by atoms with Crippen molar-refractivity contribution >= 4 is 24.8 Å². The minimum atomic E-state index is -1.40. The Morgan fingerprint density at radius 2 is 1.45 bits per heavy atom. The van der Waals surface area contributed by atoms with Gasteiger partial charge in [-0.3, -0.25) is 4.90 Å². The predicted octanol–water partition coefficient (Wildman–Crippen LogP) is 3.94. The number of rotatable bonds is 2. The average Bonchev–Trinajstić information content (AvgIpc) is 2.35. The minimum absolute atomic E-state index is 0. The fourth-order valence-electron chi connectivity index (χ4n) is 2.93. The Morgan fingerprint density at radius 1 is 1.00 bits per heavy atom. The molecule has 0 amide bonds. The van der Waals surface area contributed by atoms with Gasteiger partial charge in [-0.05, 0) is 23.1 Å². The lowest BCUT2D eigenvalue weighted by Gasteiger charge is -2.42. The van der Waals surface area contributed by atoms with Gasteiger partial charge in [-0.25, -0.2) is 13.2 Å². The molecular formula is C15H23Cl2F3N2. The number of nitrogens with one attached hydrogen (secondary N) is 1. The number of benzene rings is 1. The molecule has 0 aromatic heterocycles. The van der Waals surface area contributed by atoms with Crippen LogP contribution in [0.3, 0.4) is 0 Å². The van der Waals surface area contributed by atoms with Crippen molar-refractivity contribution in [2.24, 2.45) is 5.41 Å². The number of hydrogen-bond donors (Lipinski definition) is 1. The van der Waals surface area contributed by atoms with Crippen molar-refractivity contribution in [2.75, 3.05) is 26.2 Å². The first kappa shape index (κ1) is 21.5. The van der Waals surface area contributed by atoms with E-state index in [4.69, 9.17) is 0 Å². The molecule has 1 aliphatic rings. The van der Waals surface area contributed by atoms with Gasteiger partial charge in [0.1, 0.15) is 0 Å². The lowest BCUT2D eigenvalue weighted by molar-refractivity contribution is 0.0856. The summed E-state index contributed by atoms with van der Waals surface area (Å²) in [6.45, 7) is 9.39. The van der Waals surface area contributed by atoms with E-state index >= 15 is 0 Å². The highest BCUT2D eigenvalue weighted by Crippen LogP contribution is 2.38. The van der Waals surface area contributed by atoms with Crippen molar-refractivity contribution in [3.8, 4) is 0 Å². The molecule has 128 valence electrons. The predicted molar refractivity (Wildman–Crippen MR) is 87.5 cm³/mol. The van der Waals surface area contributed by atoms with Crippen LogP contribution in [0, 0.1) is 22.9 Å². The van der Waals surface area contributed by atoms with Gasteiger partial charge >= 0.3 is 0 Å². The Morgan fingerprint density at radius 3 is 1.86 bits per heavy atom. The second-order valence-electron chi connectivity index (χ2n) is 6.35. The summed E-state index contributed by atoms with van der Waals surface area (Å²) in [5.41, 5.74) is 0.296. The van der Waals surface area contributed by atoms with E-state index in [2.05, 4.69) is 10.2 Å². The summed E-state index contributed by atoms with van der Waals surface area (Å²) < 4.78 is 40.2. The molecule has 1 atom stereocenters. The van der Waals surface area contributed by atoms with Crippen molar-refractivity contribution in [1.82, 2.24) is 10.2 Å². The molecule has 1 fully saturated rings. The molecule has 0 unspecified atom stereocenters. The van der Waals surface area contributed by atoms with Crippen LogP contribution in [0.5, 0.6) is 0 Å². The summed E-state index contributed by atoms with van der Waals surface area (Å²) in [6.07, 6.45) is 0. The molecule has 2 nitrogen and oxygen atoms in total. The summed E-state index contributed by atoms with van der Waals surface area (Å²) in [4.78, 5) is 2.20. The largest absolute Gasteiger partial charge is 0.314 e. The lowest BCUT2D eigenvalue weighted by atomic mass is 9.81. The lowest BCUT2D eigenvalue weighted by Crippen LogP contribution is -2.48. The summed E-state index contributed by atoms with van der Waals surface area (Å²) in [6, 6.07) is 2.10. The molecule has 0 aliphatic carbocycles. The van der Waals surface area contributed by atoms with E-state index < -0.39 is 17.5 Å². The Labute approximate surface area is 142 Å². The minimum Gasteiger partial charge on any atom is -0.314 e. The van der Waals surface area contributed by atoms with Gasteiger partial charge in [0.2, 0.25) is 0 Å². The van der Waals surface area contributed by atoms with E-state index in [1.165, 1.54) is 0 Å². The summed E-state index contributed by atoms with van der Waals surface area (Å²) in [5.74, 6) is -3.64. The zero-order valence-corrected chi connectivity index (χ0v) is 14.6. The molecule has 1 aliphatic heterocycles. The topological polar surface area (TPSA) is 15.3 Å². The van der Waals surface area contributed by atoms with Gasteiger partial charge in [-0.1, -0.05) is 20.8 Å². The van der Waals surface area contributed by atoms with Gasteiger partial charge in [0.25, 0.3) is 0 Å². The van der Waals surface area contributed by atoms with Crippen molar-refractivity contribution in [1.29, 1.82) is 0 Å². The number of halogens is 5. The molecular weight excluding hydrogens is 336 g/mol. The van der Waals surface area contributed by atoms with Gasteiger partial charge in [-0.15, -0.1) is 24.8 Å². The second kappa shape index (κ2) is 8.39. The van der Waals surface area contributed by atoms with Crippen molar-refractivity contribution < 1.29 is 13.2 Å². The Balaban J connectivity index is 0.00000220. The maximum atomic E-state index is 13.5. The average molecular weight is 359 g/mol. The third-order valence-electron chi connectivity index (χ3n) is 3.66. The van der Waals surface area contributed by atoms with E-state index in [-0.39, 0.29) is 36.3 Å². The third kappa shape index (κ3) is 4.75. The van der Waals surface area contributed by atoms with Crippen LogP contribution < -0.4 is 5.32 Å². The number of hydrogen-bond acceptors (Lipinski definition) is 2. The van der Waals surface area contributed by atoms with Crippen LogP contribution in [0.1, 0.15) is 32.4 Å². The quantitative estimate of drug-likeness (QED) is 0.805. The standard InChI is InChI=1S/C15H21F3N2.2ClH/c1-15(2,3)14(20-6-4-19-5-7-20)10-8-11(16)13(18)12(17)9-10;;/h8-9,14,19H,4-7H2,1-3H3;2*1H/t14-;;/m1../s1. The van der Waals surface area contributed by atoms with Crippen LogP contribution in [0.2, 0.25) is 0 Å². The van der Waals surface area contributed by atoms with Crippen molar-refractivity contribution in [3.05, 3.63) is 35.1 Å². The van der Waals surface area contributed by atoms with E-state index in [9.17, 15) is 13.2 Å². The zero-order chi connectivity index (χ0) is 14.9. The molecule has 2 rings (SSSR count). The normalized spacial score (nSPS) is 17.4. The Hall–Kier alpha value is -0.490. The van der Waals surface area contributed by atoms with E-state index in [1.54, 1.807) is 0 Å². The summed E-state index contributed by atoms with van der Waals surface area (Å²) in [7, 11) is 0. The Bertz CT molecular complexity index is 463. The van der Waals surface area contributed by atoms with Gasteiger partial charge in [-0.2, -0.15) is 0 Å². The molecule has 0 spiro atoms. The van der Waals surface area contributed by atoms with E-state index in [1.807, 2.05) is 20.8 Å². The van der Waals surface area contributed by atoms with Crippen LogP contribution in [0.25, 0.3) is 0 Å². The Kier molecular flexibility index (Phi) is 8.20. The molecule has 0 bridgehead atoms. The molecule has 1 N–H and O–H groups in total. The van der Waals surface area contributed by atoms with Crippen molar-refractivity contribution in [2.45, 2.75) is 26.8 Å². The first-order valence-electron chi connectivity index (χ1n) is 6.90. The molecule has 1 heterocycles. The number of piperazine rings is 1. The smallest absolute Gasteiger partial charge is 0.194 e. The SMILES string of the molecule is CC(C)(C)[C@@H](c1cc(F)c(F)c(F)c1)N1CCNCC1.Cl.Cl. The maximum Gasteiger partial charge on any atom is 0.194 e. The van der Waals surface area contributed by atoms with E-state index in [0.717, 1.165) is 38.3 Å². The first-order chi connectivity index (χ1) is 9.30. The highest BCUT2D eigenvalue weighted by Gasteiger charge is 2.33.